The van der Waals surface area contributed by atoms with Crippen LogP contribution < -0.4 is 10.2 Å². The fourth-order valence-electron chi connectivity index (χ4n) is 4.73. The Morgan fingerprint density at radius 2 is 1.76 bits per heavy atom. The van der Waals surface area contributed by atoms with Gasteiger partial charge in [-0.2, -0.15) is 0 Å². The summed E-state index contributed by atoms with van der Waals surface area (Å²) in [4.78, 5) is 20.1. The summed E-state index contributed by atoms with van der Waals surface area (Å²) < 4.78 is 1.03. The SMILES string of the molecule is C[C@H](NC(=O)c1c2c(nc3ccccc13)CC[NH+](Cc1ccccc1)C2)c1ccc(Br)cc1. The van der Waals surface area contributed by atoms with Crippen LogP contribution in [0.1, 0.15) is 45.7 Å². The van der Waals surface area contributed by atoms with Crippen molar-refractivity contribution >= 4 is 32.7 Å². The van der Waals surface area contributed by atoms with Crippen LogP contribution in [-0.4, -0.2) is 17.4 Å². The van der Waals surface area contributed by atoms with Crippen LogP contribution in [0.15, 0.2) is 83.3 Å². The number of nitrogens with zero attached hydrogens (tertiary/aromatic N) is 1. The molecule has 4 aromatic rings. The number of pyridine rings is 1. The number of carbonyl (C=O) groups is 1. The molecule has 0 aliphatic carbocycles. The van der Waals surface area contributed by atoms with Crippen molar-refractivity contribution in [3.8, 4) is 0 Å². The number of rotatable bonds is 5. The topological polar surface area (TPSA) is 46.4 Å². The molecule has 1 aromatic heterocycles. The Balaban J connectivity index is 1.48. The minimum Gasteiger partial charge on any atom is -0.345 e. The first-order valence-corrected chi connectivity index (χ1v) is 12.2. The number of para-hydroxylation sites is 1. The first-order valence-electron chi connectivity index (χ1n) is 11.4. The second-order valence-corrected chi connectivity index (χ2v) is 9.68. The molecule has 0 radical (unpaired) electrons. The molecule has 0 bridgehead atoms. The van der Waals surface area contributed by atoms with Gasteiger partial charge in [0.2, 0.25) is 0 Å². The maximum atomic E-state index is 13.7. The summed E-state index contributed by atoms with van der Waals surface area (Å²) in [5.41, 5.74) is 6.22. The molecule has 5 heteroatoms. The molecule has 1 unspecified atom stereocenters. The van der Waals surface area contributed by atoms with Crippen LogP contribution in [-0.2, 0) is 19.5 Å². The minimum atomic E-state index is -0.0930. The predicted molar refractivity (Wildman–Crippen MR) is 135 cm³/mol. The van der Waals surface area contributed by atoms with Gasteiger partial charge in [-0.15, -0.1) is 0 Å². The van der Waals surface area contributed by atoms with Gasteiger partial charge in [-0.1, -0.05) is 76.6 Å². The number of halogens is 1. The number of carbonyl (C=O) groups excluding carboxylic acids is 1. The highest BCUT2D eigenvalue weighted by atomic mass is 79.9. The Labute approximate surface area is 202 Å². The molecular formula is C28H27BrN3O+. The predicted octanol–water partition coefficient (Wildman–Crippen LogP) is 4.63. The molecule has 2 heterocycles. The second kappa shape index (κ2) is 9.46. The van der Waals surface area contributed by atoms with Crippen LogP contribution in [0.3, 0.4) is 0 Å². The van der Waals surface area contributed by atoms with E-state index < -0.39 is 0 Å². The number of hydrogen-bond acceptors (Lipinski definition) is 2. The lowest BCUT2D eigenvalue weighted by Crippen LogP contribution is -3.10. The van der Waals surface area contributed by atoms with Crippen LogP contribution >= 0.6 is 15.9 Å². The number of amides is 1. The molecular weight excluding hydrogens is 474 g/mol. The van der Waals surface area contributed by atoms with E-state index in [4.69, 9.17) is 4.98 Å². The molecule has 33 heavy (non-hydrogen) atoms. The molecule has 2 N–H and O–H groups in total. The molecule has 0 spiro atoms. The van der Waals surface area contributed by atoms with Gasteiger partial charge in [0.15, 0.2) is 0 Å². The highest BCUT2D eigenvalue weighted by Crippen LogP contribution is 2.26. The average molecular weight is 501 g/mol. The van der Waals surface area contributed by atoms with Gasteiger partial charge in [-0.3, -0.25) is 9.78 Å². The normalized spacial score (nSPS) is 16.2. The minimum absolute atomic E-state index is 0.0266. The van der Waals surface area contributed by atoms with E-state index in [0.717, 1.165) is 63.8 Å². The van der Waals surface area contributed by atoms with Crippen molar-refractivity contribution in [2.45, 2.75) is 32.5 Å². The van der Waals surface area contributed by atoms with E-state index in [1.54, 1.807) is 0 Å². The van der Waals surface area contributed by atoms with Crippen LogP contribution in [0.5, 0.6) is 0 Å². The molecule has 1 aliphatic heterocycles. The molecule has 3 aromatic carbocycles. The van der Waals surface area contributed by atoms with Crippen LogP contribution in [0, 0.1) is 0 Å². The van der Waals surface area contributed by atoms with Crippen LogP contribution in [0.4, 0.5) is 0 Å². The fraction of sp³-hybridized carbons (Fsp3) is 0.214. The molecule has 0 saturated carbocycles. The fourth-order valence-corrected chi connectivity index (χ4v) is 5.00. The van der Waals surface area contributed by atoms with Crippen molar-refractivity contribution in [2.24, 2.45) is 0 Å². The van der Waals surface area contributed by atoms with Crippen LogP contribution in [0.2, 0.25) is 0 Å². The van der Waals surface area contributed by atoms with Gasteiger partial charge >= 0.3 is 0 Å². The van der Waals surface area contributed by atoms with Crippen molar-refractivity contribution in [3.63, 3.8) is 0 Å². The molecule has 5 rings (SSSR count). The summed E-state index contributed by atoms with van der Waals surface area (Å²) in [7, 11) is 0. The van der Waals surface area contributed by atoms with Gasteiger partial charge in [0.25, 0.3) is 5.91 Å². The first kappa shape index (κ1) is 21.8. The second-order valence-electron chi connectivity index (χ2n) is 8.77. The van der Waals surface area contributed by atoms with Crippen LogP contribution in [0.25, 0.3) is 10.9 Å². The Bertz CT molecular complexity index is 1290. The molecule has 1 aliphatic rings. The van der Waals surface area contributed by atoms with Gasteiger partial charge < -0.3 is 10.2 Å². The average Bonchev–Trinajstić information content (AvgIpc) is 2.83. The van der Waals surface area contributed by atoms with Crippen molar-refractivity contribution in [1.29, 1.82) is 0 Å². The molecule has 0 fully saturated rings. The molecule has 0 saturated heterocycles. The highest BCUT2D eigenvalue weighted by Gasteiger charge is 2.28. The van der Waals surface area contributed by atoms with E-state index in [1.807, 2.05) is 55.5 Å². The standard InChI is InChI=1S/C28H26BrN3O/c1-19(21-11-13-22(29)14-12-21)30-28(33)27-23-9-5-6-10-25(23)31-26-15-16-32(18-24(26)27)17-20-7-3-2-4-8-20/h2-14,19H,15-18H2,1H3,(H,30,33)/p+1/t19-/m0/s1. The first-order chi connectivity index (χ1) is 16.1. The Morgan fingerprint density at radius 1 is 1.03 bits per heavy atom. The number of nitrogens with one attached hydrogen (secondary N) is 2. The third-order valence-corrected chi connectivity index (χ3v) is 6.99. The lowest BCUT2D eigenvalue weighted by atomic mass is 9.94. The zero-order chi connectivity index (χ0) is 22.8. The quantitative estimate of drug-likeness (QED) is 0.419. The van der Waals surface area contributed by atoms with Gasteiger partial charge in [-0.25, -0.2) is 0 Å². The highest BCUT2D eigenvalue weighted by molar-refractivity contribution is 9.10. The van der Waals surface area contributed by atoms with Crippen molar-refractivity contribution < 1.29 is 9.69 Å². The van der Waals surface area contributed by atoms with E-state index in [-0.39, 0.29) is 11.9 Å². The van der Waals surface area contributed by atoms with Gasteiger partial charge in [0, 0.05) is 27.4 Å². The lowest BCUT2D eigenvalue weighted by molar-refractivity contribution is -0.929. The van der Waals surface area contributed by atoms with Gasteiger partial charge in [-0.05, 0) is 30.7 Å². The number of fused-ring (bicyclic) bond motifs is 2. The largest absolute Gasteiger partial charge is 0.345 e. The number of benzene rings is 3. The van der Waals surface area contributed by atoms with E-state index in [1.165, 1.54) is 10.5 Å². The van der Waals surface area contributed by atoms with Gasteiger partial charge in [0.05, 0.1) is 29.4 Å². The summed E-state index contributed by atoms with van der Waals surface area (Å²) >= 11 is 3.48. The third-order valence-electron chi connectivity index (χ3n) is 6.46. The van der Waals surface area contributed by atoms with Crippen molar-refractivity contribution in [3.05, 3.63) is 111 Å². The molecule has 166 valence electrons. The number of quaternary nitrogens is 1. The van der Waals surface area contributed by atoms with Gasteiger partial charge in [0.1, 0.15) is 13.1 Å². The summed E-state index contributed by atoms with van der Waals surface area (Å²) in [6.07, 6.45) is 0.880. The van der Waals surface area contributed by atoms with E-state index in [2.05, 4.69) is 51.6 Å². The molecule has 2 atom stereocenters. The molecule has 4 nitrogen and oxygen atoms in total. The molecule has 1 amide bonds. The maximum Gasteiger partial charge on any atom is 0.253 e. The maximum absolute atomic E-state index is 13.7. The Morgan fingerprint density at radius 3 is 2.55 bits per heavy atom. The number of aromatic nitrogens is 1. The van der Waals surface area contributed by atoms with E-state index >= 15 is 0 Å². The summed E-state index contributed by atoms with van der Waals surface area (Å²) in [6.45, 7) is 4.80. The monoisotopic (exact) mass is 500 g/mol. The summed E-state index contributed by atoms with van der Waals surface area (Å²) in [6, 6.07) is 26.6. The third kappa shape index (κ3) is 4.70. The van der Waals surface area contributed by atoms with Crippen molar-refractivity contribution in [2.75, 3.05) is 6.54 Å². The Kier molecular flexibility index (Phi) is 6.25. The van der Waals surface area contributed by atoms with E-state index in [0.29, 0.717) is 0 Å². The smallest absolute Gasteiger partial charge is 0.253 e. The lowest BCUT2D eigenvalue weighted by Gasteiger charge is -2.28. The number of hydrogen-bond donors (Lipinski definition) is 2. The summed E-state index contributed by atoms with van der Waals surface area (Å²) in [5, 5.41) is 4.18. The van der Waals surface area contributed by atoms with Crippen molar-refractivity contribution in [1.82, 2.24) is 10.3 Å². The van der Waals surface area contributed by atoms with E-state index in [9.17, 15) is 4.79 Å². The zero-order valence-corrected chi connectivity index (χ0v) is 20.2. The zero-order valence-electron chi connectivity index (χ0n) is 18.6. The summed E-state index contributed by atoms with van der Waals surface area (Å²) in [5.74, 6) is -0.0266. The Hall–Kier alpha value is -3.02.